The van der Waals surface area contributed by atoms with E-state index in [-0.39, 0.29) is 29.2 Å². The Morgan fingerprint density at radius 3 is 1.94 bits per heavy atom. The molecule has 0 fully saturated rings. The number of aromatic nitrogens is 1. The van der Waals surface area contributed by atoms with Crippen molar-refractivity contribution in [3.63, 3.8) is 0 Å². The van der Waals surface area contributed by atoms with Gasteiger partial charge in [0.25, 0.3) is 5.56 Å². The zero-order chi connectivity index (χ0) is 26.1. The lowest BCUT2D eigenvalue weighted by Crippen LogP contribution is -2.24. The lowest BCUT2D eigenvalue weighted by Gasteiger charge is -2.18. The van der Waals surface area contributed by atoms with E-state index < -0.39 is 17.5 Å². The van der Waals surface area contributed by atoms with Crippen LogP contribution in [0.4, 0.5) is 0 Å². The van der Waals surface area contributed by atoms with Gasteiger partial charge >= 0.3 is 11.9 Å². The van der Waals surface area contributed by atoms with Crippen molar-refractivity contribution in [1.29, 1.82) is 0 Å². The molecule has 0 spiro atoms. The second-order valence-corrected chi connectivity index (χ2v) is 7.88. The Kier molecular flexibility index (Phi) is 6.61. The summed E-state index contributed by atoms with van der Waals surface area (Å²) in [7, 11) is 5.88. The molecule has 10 heteroatoms. The molecular weight excluding hydrogens is 470 g/mol. The van der Waals surface area contributed by atoms with E-state index in [1.54, 1.807) is 30.3 Å². The van der Waals surface area contributed by atoms with Crippen molar-refractivity contribution >= 4 is 28.5 Å². The largest absolute Gasteiger partial charge is 0.493 e. The number of rotatable bonds is 6. The van der Waals surface area contributed by atoms with E-state index in [0.29, 0.717) is 39.5 Å². The lowest BCUT2D eigenvalue weighted by molar-refractivity contribution is -0.139. The number of fused-ring (bicyclic) bond motifs is 4. The first-order chi connectivity index (χ1) is 17.2. The molecule has 0 N–H and O–H groups in total. The highest BCUT2D eigenvalue weighted by molar-refractivity contribution is 5.95. The van der Waals surface area contributed by atoms with Crippen LogP contribution in [0.25, 0.3) is 27.8 Å². The van der Waals surface area contributed by atoms with E-state index >= 15 is 0 Å². The first-order valence-electron chi connectivity index (χ1n) is 10.9. The molecule has 2 aromatic carbocycles. The molecule has 188 valence electrons. The molecule has 0 unspecified atom stereocenters. The maximum Gasteiger partial charge on any atom is 0.308 e. The van der Waals surface area contributed by atoms with Gasteiger partial charge in [-0.3, -0.25) is 19.0 Å². The third-order valence-electron chi connectivity index (χ3n) is 5.73. The maximum atomic E-state index is 13.9. The van der Waals surface area contributed by atoms with E-state index in [9.17, 15) is 14.4 Å². The van der Waals surface area contributed by atoms with Crippen LogP contribution in [0.15, 0.2) is 40.9 Å². The predicted octanol–water partition coefficient (Wildman–Crippen LogP) is 3.51. The van der Waals surface area contributed by atoms with Crippen LogP contribution in [0.5, 0.6) is 23.0 Å². The fraction of sp³-hybridized carbons (Fsp3) is 0.269. The predicted molar refractivity (Wildman–Crippen MR) is 130 cm³/mol. The van der Waals surface area contributed by atoms with Crippen LogP contribution in [0, 0.1) is 0 Å². The smallest absolute Gasteiger partial charge is 0.308 e. The molecule has 2 heterocycles. The minimum Gasteiger partial charge on any atom is -0.493 e. The van der Waals surface area contributed by atoms with E-state index in [1.807, 2.05) is 0 Å². The zero-order valence-electron chi connectivity index (χ0n) is 20.7. The summed E-state index contributed by atoms with van der Waals surface area (Å²) in [6.07, 6.45) is 0. The number of carbonyl (C=O) groups excluding carboxylic acids is 2. The standard InChI is InChI=1S/C26H25NO9/c1-13(28)35-22-12-27-18(9-15-7-8-19(31-3)25(34-6)23(15)26(27)30)16-10-20(32-4)21(33-5)11-17(16)24(22)36-14(2)29/h7-11H,12H2,1-6H3. The zero-order valence-corrected chi connectivity index (χ0v) is 20.7. The monoisotopic (exact) mass is 495 g/mol. The molecule has 4 rings (SSSR count). The summed E-state index contributed by atoms with van der Waals surface area (Å²) < 4.78 is 34.3. The second-order valence-electron chi connectivity index (χ2n) is 7.88. The average Bonchev–Trinajstić information content (AvgIpc) is 2.97. The van der Waals surface area contributed by atoms with Crippen molar-refractivity contribution < 1.29 is 38.0 Å². The highest BCUT2D eigenvalue weighted by atomic mass is 16.6. The number of hydrogen-bond acceptors (Lipinski definition) is 9. The number of allylic oxidation sites excluding steroid dienone is 1. The van der Waals surface area contributed by atoms with Crippen LogP contribution in [-0.2, 0) is 25.6 Å². The van der Waals surface area contributed by atoms with Gasteiger partial charge in [-0.15, -0.1) is 0 Å². The molecule has 0 atom stereocenters. The number of nitrogens with zero attached hydrogens (tertiary/aromatic N) is 1. The molecule has 10 nitrogen and oxygen atoms in total. The molecule has 3 aromatic rings. The van der Waals surface area contributed by atoms with Crippen molar-refractivity contribution in [1.82, 2.24) is 4.57 Å². The van der Waals surface area contributed by atoms with Crippen molar-refractivity contribution in [2.75, 3.05) is 28.4 Å². The van der Waals surface area contributed by atoms with E-state index in [2.05, 4.69) is 0 Å². The summed E-state index contributed by atoms with van der Waals surface area (Å²) in [4.78, 5) is 38.0. The number of methoxy groups -OCH3 is 4. The lowest BCUT2D eigenvalue weighted by atomic mass is 9.99. The molecular formula is C26H25NO9. The van der Waals surface area contributed by atoms with Gasteiger partial charge in [-0.25, -0.2) is 0 Å². The van der Waals surface area contributed by atoms with Gasteiger partial charge in [0.1, 0.15) is 0 Å². The van der Waals surface area contributed by atoms with Crippen LogP contribution in [0.1, 0.15) is 19.4 Å². The summed E-state index contributed by atoms with van der Waals surface area (Å²) in [5, 5.41) is 0.871. The van der Waals surface area contributed by atoms with E-state index in [4.69, 9.17) is 28.4 Å². The Labute approximate surface area is 206 Å². The third kappa shape index (κ3) is 4.10. The topological polar surface area (TPSA) is 112 Å². The number of benzene rings is 2. The number of pyridine rings is 1. The van der Waals surface area contributed by atoms with Crippen LogP contribution in [-0.4, -0.2) is 44.9 Å². The Morgan fingerprint density at radius 1 is 0.778 bits per heavy atom. The maximum absolute atomic E-state index is 13.9. The second kappa shape index (κ2) is 9.65. The summed E-state index contributed by atoms with van der Waals surface area (Å²) in [5.41, 5.74) is 0.930. The van der Waals surface area contributed by atoms with Crippen molar-refractivity contribution in [2.24, 2.45) is 0 Å². The summed E-state index contributed by atoms with van der Waals surface area (Å²) in [6.45, 7) is 2.25. The molecule has 0 saturated carbocycles. The van der Waals surface area contributed by atoms with E-state index in [1.165, 1.54) is 46.9 Å². The Hall–Kier alpha value is -4.47. The fourth-order valence-electron chi connectivity index (χ4n) is 4.28. The first kappa shape index (κ1) is 24.6. The SMILES string of the molecule is COc1cc2c(cc1OC)-c1cc3ccc(OC)c(OC)c3c(=O)n1CC(OC(C)=O)=C2OC(C)=O. The molecule has 1 aliphatic heterocycles. The highest BCUT2D eigenvalue weighted by Gasteiger charge is 2.30. The minimum atomic E-state index is -0.645. The summed E-state index contributed by atoms with van der Waals surface area (Å²) >= 11 is 0. The number of ether oxygens (including phenoxy) is 6. The minimum absolute atomic E-state index is 0.00893. The number of esters is 2. The molecule has 1 aliphatic rings. The molecule has 0 saturated heterocycles. The third-order valence-corrected chi connectivity index (χ3v) is 5.73. The average molecular weight is 495 g/mol. The molecule has 36 heavy (non-hydrogen) atoms. The van der Waals surface area contributed by atoms with Crippen molar-refractivity contribution in [2.45, 2.75) is 20.4 Å². The Bertz CT molecular complexity index is 1480. The van der Waals surface area contributed by atoms with Gasteiger partial charge in [-0.1, -0.05) is 6.07 Å². The van der Waals surface area contributed by atoms with Crippen LogP contribution in [0.3, 0.4) is 0 Å². The van der Waals surface area contributed by atoms with Crippen LogP contribution in [0.2, 0.25) is 0 Å². The van der Waals surface area contributed by atoms with Gasteiger partial charge in [0.2, 0.25) is 0 Å². The number of carbonyl (C=O) groups is 2. The van der Waals surface area contributed by atoms with Gasteiger partial charge in [0.15, 0.2) is 34.5 Å². The van der Waals surface area contributed by atoms with Gasteiger partial charge in [0.05, 0.1) is 46.1 Å². The Balaban J connectivity index is 2.18. The van der Waals surface area contributed by atoms with E-state index in [0.717, 1.165) is 0 Å². The number of hydrogen-bond donors (Lipinski definition) is 0. The normalized spacial score (nSPS) is 12.3. The van der Waals surface area contributed by atoms with Crippen molar-refractivity contribution in [3.05, 3.63) is 52.0 Å². The van der Waals surface area contributed by atoms with Gasteiger partial charge in [-0.2, -0.15) is 0 Å². The molecule has 0 amide bonds. The van der Waals surface area contributed by atoms with Gasteiger partial charge < -0.3 is 28.4 Å². The molecule has 1 aromatic heterocycles. The molecule has 0 aliphatic carbocycles. The quantitative estimate of drug-likeness (QED) is 0.474. The van der Waals surface area contributed by atoms with Crippen molar-refractivity contribution in [3.8, 4) is 34.3 Å². The van der Waals surface area contributed by atoms with Gasteiger partial charge in [0, 0.05) is 25.0 Å². The van der Waals surface area contributed by atoms with Crippen LogP contribution >= 0.6 is 0 Å². The molecule has 0 bridgehead atoms. The Morgan fingerprint density at radius 2 is 1.39 bits per heavy atom. The summed E-state index contributed by atoms with van der Waals surface area (Å²) in [6, 6.07) is 8.53. The fourth-order valence-corrected chi connectivity index (χ4v) is 4.28. The summed E-state index contributed by atoms with van der Waals surface area (Å²) in [5.74, 6) is 0.0913. The van der Waals surface area contributed by atoms with Gasteiger partial charge in [-0.05, 0) is 29.7 Å². The first-order valence-corrected chi connectivity index (χ1v) is 10.9. The highest BCUT2D eigenvalue weighted by Crippen LogP contribution is 2.43. The van der Waals surface area contributed by atoms with Crippen LogP contribution < -0.4 is 24.5 Å². The molecule has 0 radical (unpaired) electrons.